The van der Waals surface area contributed by atoms with E-state index in [0.717, 1.165) is 25.2 Å². The molecular weight excluding hydrogens is 302 g/mol. The van der Waals surface area contributed by atoms with E-state index in [9.17, 15) is 9.59 Å². The molecule has 4 heteroatoms. The summed E-state index contributed by atoms with van der Waals surface area (Å²) in [5, 5.41) is 12.0. The summed E-state index contributed by atoms with van der Waals surface area (Å²) in [6, 6.07) is 0.299. The van der Waals surface area contributed by atoms with Gasteiger partial charge in [-0.25, -0.2) is 0 Å². The van der Waals surface area contributed by atoms with Crippen LogP contribution in [0.4, 0.5) is 0 Å². The van der Waals surface area contributed by atoms with Crippen LogP contribution in [0.25, 0.3) is 0 Å². The van der Waals surface area contributed by atoms with Crippen molar-refractivity contribution >= 4 is 11.9 Å². The van der Waals surface area contributed by atoms with Gasteiger partial charge in [0.1, 0.15) is 0 Å². The van der Waals surface area contributed by atoms with E-state index in [1.165, 1.54) is 12.8 Å². The molecule has 2 N–H and O–H groups in total. The van der Waals surface area contributed by atoms with E-state index in [2.05, 4.69) is 31.3 Å². The Morgan fingerprint density at radius 1 is 1.21 bits per heavy atom. The molecule has 0 aliphatic heterocycles. The van der Waals surface area contributed by atoms with E-state index < -0.39 is 5.97 Å². The van der Waals surface area contributed by atoms with Gasteiger partial charge in [-0.15, -0.1) is 0 Å². The van der Waals surface area contributed by atoms with Gasteiger partial charge in [0.05, 0.1) is 0 Å². The number of amides is 1. The number of allylic oxidation sites excluding steroid dienone is 2. The summed E-state index contributed by atoms with van der Waals surface area (Å²) in [6.07, 6.45) is 11.0. The summed E-state index contributed by atoms with van der Waals surface area (Å²) in [5.41, 5.74) is 0.353. The van der Waals surface area contributed by atoms with Gasteiger partial charge >= 0.3 is 5.97 Å². The van der Waals surface area contributed by atoms with Crippen molar-refractivity contribution < 1.29 is 14.7 Å². The minimum atomic E-state index is -0.725. The number of unbranched alkanes of at least 4 members (excludes halogenated alkanes) is 1. The Morgan fingerprint density at radius 3 is 2.58 bits per heavy atom. The highest BCUT2D eigenvalue weighted by Crippen LogP contribution is 2.61. The molecule has 1 unspecified atom stereocenters. The summed E-state index contributed by atoms with van der Waals surface area (Å²) in [4.78, 5) is 22.6. The van der Waals surface area contributed by atoms with Crippen molar-refractivity contribution in [2.75, 3.05) is 0 Å². The standard InChI is InChI=1S/C20H33NO3/c1-4-9-17(22)21-19-14(10-7-5-6-8-11-18(23)24)12-15-13-16(19)20(15,2)3/h5,7,14-16,19H,4,6,8-13H2,1-3H3,(H,21,22)(H,23,24)/b7-5-/t14-,15+,16+,19?/m0/s1. The zero-order valence-corrected chi connectivity index (χ0v) is 15.4. The fourth-order valence-electron chi connectivity index (χ4n) is 4.61. The molecule has 136 valence electrons. The minimum absolute atomic E-state index is 0.194. The van der Waals surface area contributed by atoms with Crippen LogP contribution in [0.1, 0.15) is 72.1 Å². The van der Waals surface area contributed by atoms with E-state index in [4.69, 9.17) is 5.11 Å². The molecule has 24 heavy (non-hydrogen) atoms. The SMILES string of the molecule is CCCC(=O)NC1[C@@H](C/C=C\CCCC(=O)O)C[C@@H]2C[C@H]1C2(C)C. The van der Waals surface area contributed by atoms with Gasteiger partial charge in [0, 0.05) is 18.9 Å². The summed E-state index contributed by atoms with van der Waals surface area (Å²) >= 11 is 0. The lowest BCUT2D eigenvalue weighted by Gasteiger charge is -2.62. The summed E-state index contributed by atoms with van der Waals surface area (Å²) < 4.78 is 0. The molecule has 0 aromatic heterocycles. The Kier molecular flexibility index (Phi) is 6.47. The zero-order chi connectivity index (χ0) is 17.7. The molecule has 0 heterocycles. The molecule has 3 aliphatic rings. The maximum Gasteiger partial charge on any atom is 0.303 e. The third-order valence-electron chi connectivity index (χ3n) is 6.25. The van der Waals surface area contributed by atoms with Gasteiger partial charge in [0.25, 0.3) is 0 Å². The maximum atomic E-state index is 12.1. The van der Waals surface area contributed by atoms with E-state index in [-0.39, 0.29) is 12.3 Å². The van der Waals surface area contributed by atoms with Crippen molar-refractivity contribution in [2.24, 2.45) is 23.2 Å². The number of carboxylic acid groups (broad SMARTS) is 1. The topological polar surface area (TPSA) is 66.4 Å². The number of aliphatic carboxylic acids is 1. The van der Waals surface area contributed by atoms with Gasteiger partial charge in [-0.1, -0.05) is 32.9 Å². The number of fused-ring (bicyclic) bond motifs is 2. The van der Waals surface area contributed by atoms with Crippen LogP contribution in [0, 0.1) is 23.2 Å². The van der Waals surface area contributed by atoms with Crippen LogP contribution in [0.3, 0.4) is 0 Å². The summed E-state index contributed by atoms with van der Waals surface area (Å²) in [5.74, 6) is 1.38. The molecule has 0 aromatic carbocycles. The fraction of sp³-hybridized carbons (Fsp3) is 0.800. The van der Waals surface area contributed by atoms with Crippen LogP contribution in [-0.2, 0) is 9.59 Å². The van der Waals surface area contributed by atoms with Gasteiger partial charge in [0.2, 0.25) is 5.91 Å². The van der Waals surface area contributed by atoms with E-state index in [0.29, 0.717) is 36.1 Å². The number of carbonyl (C=O) groups is 2. The fourth-order valence-corrected chi connectivity index (χ4v) is 4.61. The molecule has 3 rings (SSSR count). The first-order chi connectivity index (χ1) is 11.4. The second-order valence-electron chi connectivity index (χ2n) is 8.19. The Hall–Kier alpha value is -1.32. The Labute approximate surface area is 146 Å². The smallest absolute Gasteiger partial charge is 0.303 e. The molecule has 3 fully saturated rings. The highest BCUT2D eigenvalue weighted by Gasteiger charge is 2.57. The third-order valence-corrected chi connectivity index (χ3v) is 6.25. The van der Waals surface area contributed by atoms with E-state index in [1.807, 2.05) is 6.92 Å². The normalized spacial score (nSPS) is 30.8. The molecule has 4 nitrogen and oxygen atoms in total. The van der Waals surface area contributed by atoms with Crippen LogP contribution in [-0.4, -0.2) is 23.0 Å². The third kappa shape index (κ3) is 4.40. The highest BCUT2D eigenvalue weighted by molar-refractivity contribution is 5.76. The van der Waals surface area contributed by atoms with Crippen molar-refractivity contribution in [3.63, 3.8) is 0 Å². The van der Waals surface area contributed by atoms with Crippen molar-refractivity contribution in [1.29, 1.82) is 0 Å². The first-order valence-electron chi connectivity index (χ1n) is 9.52. The Morgan fingerprint density at radius 2 is 1.96 bits per heavy atom. The van der Waals surface area contributed by atoms with Gasteiger partial charge < -0.3 is 10.4 Å². The number of nitrogens with one attached hydrogen (secondary N) is 1. The van der Waals surface area contributed by atoms with E-state index >= 15 is 0 Å². The number of carbonyl (C=O) groups excluding carboxylic acids is 1. The number of hydrogen-bond donors (Lipinski definition) is 2. The van der Waals surface area contributed by atoms with Gasteiger partial charge in [-0.3, -0.25) is 9.59 Å². The monoisotopic (exact) mass is 335 g/mol. The zero-order valence-electron chi connectivity index (χ0n) is 15.4. The van der Waals surface area contributed by atoms with Crippen LogP contribution in [0.15, 0.2) is 12.2 Å². The molecular formula is C20H33NO3. The average Bonchev–Trinajstić information content (AvgIpc) is 2.51. The predicted molar refractivity (Wildman–Crippen MR) is 95.6 cm³/mol. The first-order valence-corrected chi connectivity index (χ1v) is 9.52. The van der Waals surface area contributed by atoms with E-state index in [1.54, 1.807) is 0 Å². The van der Waals surface area contributed by atoms with Crippen molar-refractivity contribution in [1.82, 2.24) is 5.32 Å². The molecule has 3 aliphatic carbocycles. The Balaban J connectivity index is 1.88. The summed E-state index contributed by atoms with van der Waals surface area (Å²) in [6.45, 7) is 6.74. The van der Waals surface area contributed by atoms with Gasteiger partial charge in [-0.2, -0.15) is 0 Å². The largest absolute Gasteiger partial charge is 0.481 e. The summed E-state index contributed by atoms with van der Waals surface area (Å²) in [7, 11) is 0. The molecule has 4 atom stereocenters. The molecule has 0 spiro atoms. The lowest BCUT2D eigenvalue weighted by Crippen LogP contribution is -2.63. The maximum absolute atomic E-state index is 12.1. The lowest BCUT2D eigenvalue weighted by atomic mass is 9.44. The molecule has 2 bridgehead atoms. The minimum Gasteiger partial charge on any atom is -0.481 e. The van der Waals surface area contributed by atoms with Crippen molar-refractivity contribution in [3.8, 4) is 0 Å². The van der Waals surface area contributed by atoms with Crippen molar-refractivity contribution in [2.45, 2.75) is 78.2 Å². The van der Waals surface area contributed by atoms with Gasteiger partial charge in [-0.05, 0) is 61.7 Å². The predicted octanol–water partition coefficient (Wildman–Crippen LogP) is 4.15. The molecule has 0 radical (unpaired) electrons. The lowest BCUT2D eigenvalue weighted by molar-refractivity contribution is -0.137. The first kappa shape index (κ1) is 19.0. The molecule has 1 amide bonds. The number of rotatable bonds is 9. The molecule has 3 saturated carbocycles. The quantitative estimate of drug-likeness (QED) is 0.491. The second kappa shape index (κ2) is 8.17. The van der Waals surface area contributed by atoms with Crippen LogP contribution in [0.2, 0.25) is 0 Å². The second-order valence-corrected chi connectivity index (χ2v) is 8.19. The molecule has 0 saturated heterocycles. The van der Waals surface area contributed by atoms with Crippen molar-refractivity contribution in [3.05, 3.63) is 12.2 Å². The Bertz CT molecular complexity index is 483. The van der Waals surface area contributed by atoms with Gasteiger partial charge in [0.15, 0.2) is 0 Å². The van der Waals surface area contributed by atoms with Crippen LogP contribution >= 0.6 is 0 Å². The number of carboxylic acids is 1. The average molecular weight is 335 g/mol. The number of hydrogen-bond acceptors (Lipinski definition) is 2. The van der Waals surface area contributed by atoms with Crippen LogP contribution < -0.4 is 5.32 Å². The highest BCUT2D eigenvalue weighted by atomic mass is 16.4. The van der Waals surface area contributed by atoms with Crippen LogP contribution in [0.5, 0.6) is 0 Å². The molecule has 0 aromatic rings.